The Bertz CT molecular complexity index is 1990. The van der Waals surface area contributed by atoms with E-state index in [1.807, 2.05) is 0 Å². The van der Waals surface area contributed by atoms with Crippen molar-refractivity contribution in [3.8, 4) is 5.75 Å². The number of hydrogen-bond acceptors (Lipinski definition) is 10. The first-order valence-electron chi connectivity index (χ1n) is 16.3. The minimum absolute atomic E-state index is 0.0163. The number of aromatic amines is 1. The van der Waals surface area contributed by atoms with E-state index in [9.17, 15) is 26.4 Å². The van der Waals surface area contributed by atoms with Crippen molar-refractivity contribution in [3.05, 3.63) is 66.7 Å². The molecule has 15 nitrogen and oxygen atoms in total. The second kappa shape index (κ2) is 16.2. The normalized spacial score (nSPS) is 15.2. The fraction of sp³-hybridized carbons (Fsp3) is 0.364. The van der Waals surface area contributed by atoms with E-state index in [0.717, 1.165) is 24.2 Å². The van der Waals surface area contributed by atoms with Crippen molar-refractivity contribution in [1.82, 2.24) is 15.3 Å². The van der Waals surface area contributed by atoms with Gasteiger partial charge in [-0.2, -0.15) is 16.8 Å². The smallest absolute Gasteiger partial charge is 0.339 e. The molecule has 0 aliphatic heterocycles. The molecule has 0 atom stereocenters. The zero-order valence-electron chi connectivity index (χ0n) is 27.2. The topological polar surface area (TPSA) is 235 Å². The third kappa shape index (κ3) is 10.6. The van der Waals surface area contributed by atoms with Crippen LogP contribution in [0.15, 0.2) is 76.5 Å². The largest absolute Gasteiger partial charge is 0.382 e. The lowest BCUT2D eigenvalue weighted by molar-refractivity contribution is -0.117. The number of carbonyl (C=O) groups excluding carboxylic acids is 2. The molecule has 3 aromatic carbocycles. The van der Waals surface area contributed by atoms with Crippen LogP contribution < -0.4 is 31.2 Å². The summed E-state index contributed by atoms with van der Waals surface area (Å²) in [6, 6.07) is 17.6. The van der Waals surface area contributed by atoms with Crippen molar-refractivity contribution >= 4 is 60.5 Å². The molecule has 17 heteroatoms. The van der Waals surface area contributed by atoms with Crippen LogP contribution in [0.25, 0.3) is 11.0 Å². The zero-order valence-corrected chi connectivity index (χ0v) is 28.9. The molecule has 4 aromatic rings. The lowest BCUT2D eigenvalue weighted by Gasteiger charge is -2.14. The molecule has 0 spiro atoms. The summed E-state index contributed by atoms with van der Waals surface area (Å²) in [6.45, 7) is 0.0921. The van der Waals surface area contributed by atoms with Crippen LogP contribution in [0.5, 0.6) is 5.75 Å². The van der Waals surface area contributed by atoms with Gasteiger partial charge in [0.2, 0.25) is 11.9 Å². The second-order valence-electron chi connectivity index (χ2n) is 12.2. The van der Waals surface area contributed by atoms with E-state index in [4.69, 9.17) is 14.5 Å². The number of urea groups is 1. The monoisotopic (exact) mass is 727 g/mol. The van der Waals surface area contributed by atoms with E-state index in [-0.39, 0.29) is 34.5 Å². The molecule has 50 heavy (non-hydrogen) atoms. The third-order valence-electron chi connectivity index (χ3n) is 8.30. The van der Waals surface area contributed by atoms with Gasteiger partial charge in [0.1, 0.15) is 10.6 Å². The average Bonchev–Trinajstić information content (AvgIpc) is 3.84. The van der Waals surface area contributed by atoms with Gasteiger partial charge in [-0.15, -0.1) is 0 Å². The van der Waals surface area contributed by atoms with Gasteiger partial charge in [0.05, 0.1) is 15.9 Å². The molecule has 0 radical (unpaired) electrons. The van der Waals surface area contributed by atoms with Gasteiger partial charge >= 0.3 is 16.1 Å². The number of fused-ring (bicyclic) bond motifs is 1. The first-order chi connectivity index (χ1) is 23.8. The van der Waals surface area contributed by atoms with E-state index in [0.29, 0.717) is 23.1 Å². The number of nitrogens with two attached hydrogens (primary N) is 1. The minimum atomic E-state index is -4.07. The number of H-pyrrole nitrogens is 1. The maximum Gasteiger partial charge on any atom is 0.339 e. The van der Waals surface area contributed by atoms with Crippen LogP contribution in [-0.4, -0.2) is 61.9 Å². The molecule has 0 bridgehead atoms. The standard InChI is InChI=1S/C22H26N6O5S.C11H15NO3S/c23-20(29)11-12-24-22(30)28-21-26-18-10-7-16(13-19(18)27-21)33-34(31,32)17-8-5-15(6-9-17)25-14-3-1-2-4-14;13-16(14,15)11-7-5-10(6-8-11)12-9-3-1-2-4-9/h5-10,13-14,25H,1-4,11-12H2,(H2,23,29)(H3,24,26,27,28,30);5-9,12H,1-4H2,(H,13,14,15). The molecular formula is C33H41N7O8S2. The number of hydrogen-bond donors (Lipinski definition) is 7. The summed E-state index contributed by atoms with van der Waals surface area (Å²) in [5, 5.41) is 11.7. The first kappa shape index (κ1) is 36.4. The molecule has 2 aliphatic carbocycles. The lowest BCUT2D eigenvalue weighted by atomic mass is 10.2. The van der Waals surface area contributed by atoms with E-state index in [1.54, 1.807) is 30.3 Å². The van der Waals surface area contributed by atoms with Crippen LogP contribution in [0.2, 0.25) is 0 Å². The summed E-state index contributed by atoms with van der Waals surface area (Å²) in [6.07, 6.45) is 9.51. The van der Waals surface area contributed by atoms with Crippen molar-refractivity contribution < 1.29 is 35.2 Å². The quantitative estimate of drug-likeness (QED) is 0.0760. The summed E-state index contributed by atoms with van der Waals surface area (Å²) in [5.74, 6) is -0.276. The highest BCUT2D eigenvalue weighted by Crippen LogP contribution is 2.27. The van der Waals surface area contributed by atoms with Gasteiger partial charge in [-0.1, -0.05) is 25.7 Å². The molecule has 8 N–H and O–H groups in total. The molecule has 2 saturated carbocycles. The SMILES string of the molecule is NC(=O)CCNC(=O)Nc1nc2ccc(OS(=O)(=O)c3ccc(NC4CCCC4)cc3)cc2[nH]1.O=S(=O)(O)c1ccc(NC2CCCC2)cc1. The molecule has 6 rings (SSSR count). The maximum absolute atomic E-state index is 12.7. The van der Waals surface area contributed by atoms with Gasteiger partial charge in [-0.3, -0.25) is 14.7 Å². The van der Waals surface area contributed by atoms with Crippen LogP contribution in [0.4, 0.5) is 22.1 Å². The Morgan fingerprint density at radius 3 is 1.88 bits per heavy atom. The number of amides is 3. The highest BCUT2D eigenvalue weighted by molar-refractivity contribution is 7.87. The summed E-state index contributed by atoms with van der Waals surface area (Å²) in [5.41, 5.74) is 7.78. The van der Waals surface area contributed by atoms with E-state index in [2.05, 4.69) is 31.2 Å². The predicted octanol–water partition coefficient (Wildman–Crippen LogP) is 4.97. The van der Waals surface area contributed by atoms with Gasteiger partial charge in [0.15, 0.2) is 0 Å². The molecular weight excluding hydrogens is 687 g/mol. The predicted molar refractivity (Wildman–Crippen MR) is 189 cm³/mol. The third-order valence-corrected chi connectivity index (χ3v) is 10.4. The van der Waals surface area contributed by atoms with Crippen molar-refractivity contribution in [2.24, 2.45) is 5.73 Å². The summed E-state index contributed by atoms with van der Waals surface area (Å²) in [7, 11) is -8.11. The number of primary amides is 1. The molecule has 268 valence electrons. The van der Waals surface area contributed by atoms with Crippen molar-refractivity contribution in [2.45, 2.75) is 79.7 Å². The molecule has 3 amide bonds. The van der Waals surface area contributed by atoms with Crippen molar-refractivity contribution in [3.63, 3.8) is 0 Å². The minimum Gasteiger partial charge on any atom is -0.382 e. The van der Waals surface area contributed by atoms with Crippen molar-refractivity contribution in [2.75, 3.05) is 22.5 Å². The number of rotatable bonds is 12. The lowest BCUT2D eigenvalue weighted by Crippen LogP contribution is -2.32. The van der Waals surface area contributed by atoms with Gasteiger partial charge < -0.3 is 30.9 Å². The molecule has 2 fully saturated rings. The number of imidazole rings is 1. The van der Waals surface area contributed by atoms with Gasteiger partial charge in [-0.25, -0.2) is 9.78 Å². The number of aromatic nitrogens is 2. The summed E-state index contributed by atoms with van der Waals surface area (Å²) in [4.78, 5) is 29.7. The van der Waals surface area contributed by atoms with Gasteiger partial charge in [0.25, 0.3) is 10.1 Å². The Morgan fingerprint density at radius 1 is 0.820 bits per heavy atom. The van der Waals surface area contributed by atoms with Gasteiger partial charge in [0, 0.05) is 42.5 Å². The van der Waals surface area contributed by atoms with Crippen LogP contribution >= 0.6 is 0 Å². The van der Waals surface area contributed by atoms with E-state index in [1.165, 1.54) is 74.9 Å². The molecule has 0 unspecified atom stereocenters. The zero-order chi connectivity index (χ0) is 35.7. The Labute approximate surface area is 290 Å². The van der Waals surface area contributed by atoms with Crippen LogP contribution in [0.3, 0.4) is 0 Å². The molecule has 2 aliphatic rings. The first-order valence-corrected chi connectivity index (χ1v) is 19.2. The Hall–Kier alpha value is -4.87. The molecule has 0 saturated heterocycles. The molecule has 1 aromatic heterocycles. The van der Waals surface area contributed by atoms with Crippen LogP contribution in [-0.2, 0) is 25.0 Å². The van der Waals surface area contributed by atoms with E-state index >= 15 is 0 Å². The Balaban J connectivity index is 0.000000253. The average molecular weight is 728 g/mol. The fourth-order valence-corrected chi connectivity index (χ4v) is 7.18. The summed E-state index contributed by atoms with van der Waals surface area (Å²) < 4.78 is 61.2. The van der Waals surface area contributed by atoms with Crippen LogP contribution in [0.1, 0.15) is 57.8 Å². The number of nitrogens with one attached hydrogen (secondary N) is 5. The highest BCUT2D eigenvalue weighted by atomic mass is 32.2. The Kier molecular flexibility index (Phi) is 11.8. The van der Waals surface area contributed by atoms with Crippen LogP contribution in [0, 0.1) is 0 Å². The van der Waals surface area contributed by atoms with E-state index < -0.39 is 32.2 Å². The number of carbonyl (C=O) groups is 2. The number of anilines is 3. The number of benzene rings is 3. The van der Waals surface area contributed by atoms with Crippen molar-refractivity contribution in [1.29, 1.82) is 0 Å². The fourth-order valence-electron chi connectivity index (χ4n) is 5.78. The highest BCUT2D eigenvalue weighted by Gasteiger charge is 2.19. The van der Waals surface area contributed by atoms with Gasteiger partial charge in [-0.05, 0) is 86.3 Å². The Morgan fingerprint density at radius 2 is 1.36 bits per heavy atom. The summed E-state index contributed by atoms with van der Waals surface area (Å²) >= 11 is 0. The second-order valence-corrected chi connectivity index (χ2v) is 15.1. The molecule has 1 heterocycles. The number of nitrogens with zero attached hydrogens (tertiary/aromatic N) is 1. The maximum atomic E-state index is 12.7.